The Morgan fingerprint density at radius 2 is 2.12 bits per heavy atom. The second kappa shape index (κ2) is 4.16. The number of hydrogen-bond acceptors (Lipinski definition) is 2. The second-order valence-electron chi connectivity index (χ2n) is 4.46. The molecule has 16 heavy (non-hydrogen) atoms. The first-order valence-electron chi connectivity index (χ1n) is 5.66. The van der Waals surface area contributed by atoms with Crippen molar-refractivity contribution < 1.29 is 9.90 Å². The summed E-state index contributed by atoms with van der Waals surface area (Å²) in [4.78, 5) is 13.1. The van der Waals surface area contributed by atoms with Gasteiger partial charge in [0.1, 0.15) is 6.04 Å². The lowest BCUT2D eigenvalue weighted by molar-refractivity contribution is -0.138. The largest absolute Gasteiger partial charge is 0.480 e. The molecule has 2 rings (SSSR count). The summed E-state index contributed by atoms with van der Waals surface area (Å²) < 4.78 is 0. The molecule has 1 unspecified atom stereocenters. The zero-order valence-electron chi connectivity index (χ0n) is 9.73. The van der Waals surface area contributed by atoms with Crippen LogP contribution in [0.1, 0.15) is 24.0 Å². The van der Waals surface area contributed by atoms with Gasteiger partial charge in [-0.25, -0.2) is 4.79 Å². The molecular formula is C13H17NO2. The van der Waals surface area contributed by atoms with Gasteiger partial charge in [-0.1, -0.05) is 6.07 Å². The maximum atomic E-state index is 11.1. The van der Waals surface area contributed by atoms with Crippen LogP contribution in [0, 0.1) is 13.8 Å². The lowest BCUT2D eigenvalue weighted by Crippen LogP contribution is -2.35. The quantitative estimate of drug-likeness (QED) is 0.830. The van der Waals surface area contributed by atoms with Crippen LogP contribution in [0.25, 0.3) is 0 Å². The van der Waals surface area contributed by atoms with Crippen LogP contribution in [0.4, 0.5) is 5.69 Å². The minimum atomic E-state index is -0.712. The topological polar surface area (TPSA) is 40.5 Å². The van der Waals surface area contributed by atoms with E-state index < -0.39 is 5.97 Å². The average molecular weight is 219 g/mol. The van der Waals surface area contributed by atoms with Crippen LogP contribution in [0.3, 0.4) is 0 Å². The minimum Gasteiger partial charge on any atom is -0.480 e. The van der Waals surface area contributed by atoms with Crippen molar-refractivity contribution in [3.8, 4) is 0 Å². The molecule has 1 atom stereocenters. The van der Waals surface area contributed by atoms with Crippen molar-refractivity contribution in [3.05, 3.63) is 29.3 Å². The van der Waals surface area contributed by atoms with E-state index in [1.54, 1.807) is 0 Å². The van der Waals surface area contributed by atoms with E-state index >= 15 is 0 Å². The van der Waals surface area contributed by atoms with Gasteiger partial charge < -0.3 is 10.0 Å². The fourth-order valence-corrected chi connectivity index (χ4v) is 2.24. The van der Waals surface area contributed by atoms with E-state index in [2.05, 4.69) is 26.0 Å². The third-order valence-electron chi connectivity index (χ3n) is 3.36. The van der Waals surface area contributed by atoms with Gasteiger partial charge >= 0.3 is 5.97 Å². The van der Waals surface area contributed by atoms with Gasteiger partial charge in [0.05, 0.1) is 0 Å². The fraction of sp³-hybridized carbons (Fsp3) is 0.462. The van der Waals surface area contributed by atoms with Crippen LogP contribution < -0.4 is 4.90 Å². The smallest absolute Gasteiger partial charge is 0.326 e. The van der Waals surface area contributed by atoms with Gasteiger partial charge in [0.15, 0.2) is 0 Å². The van der Waals surface area contributed by atoms with E-state index in [-0.39, 0.29) is 6.04 Å². The maximum Gasteiger partial charge on any atom is 0.326 e. The molecule has 1 aliphatic heterocycles. The van der Waals surface area contributed by atoms with Crippen LogP contribution in [0.15, 0.2) is 18.2 Å². The molecular weight excluding hydrogens is 202 g/mol. The number of benzene rings is 1. The number of aryl methyl sites for hydroxylation is 2. The Labute approximate surface area is 95.7 Å². The van der Waals surface area contributed by atoms with Crippen LogP contribution in [0.2, 0.25) is 0 Å². The highest BCUT2D eigenvalue weighted by atomic mass is 16.4. The third-order valence-corrected chi connectivity index (χ3v) is 3.36. The van der Waals surface area contributed by atoms with E-state index in [0.717, 1.165) is 25.1 Å². The molecule has 1 aromatic rings. The van der Waals surface area contributed by atoms with Gasteiger partial charge in [-0.05, 0) is 49.9 Å². The summed E-state index contributed by atoms with van der Waals surface area (Å²) in [7, 11) is 0. The van der Waals surface area contributed by atoms with Crippen molar-refractivity contribution in [1.29, 1.82) is 0 Å². The molecule has 0 bridgehead atoms. The predicted octanol–water partition coefficient (Wildman–Crippen LogP) is 2.36. The summed E-state index contributed by atoms with van der Waals surface area (Å²) in [6.07, 6.45) is 1.71. The average Bonchev–Trinajstić information content (AvgIpc) is 2.71. The van der Waals surface area contributed by atoms with Crippen LogP contribution in [-0.2, 0) is 4.79 Å². The van der Waals surface area contributed by atoms with Gasteiger partial charge in [-0.15, -0.1) is 0 Å². The molecule has 1 saturated heterocycles. The SMILES string of the molecule is Cc1ccc(N2CCCC2C(=O)O)cc1C. The highest BCUT2D eigenvalue weighted by molar-refractivity contribution is 5.79. The highest BCUT2D eigenvalue weighted by Crippen LogP contribution is 2.27. The Balaban J connectivity index is 2.29. The van der Waals surface area contributed by atoms with Crippen molar-refractivity contribution in [2.24, 2.45) is 0 Å². The number of rotatable bonds is 2. The molecule has 1 heterocycles. The molecule has 0 spiro atoms. The Morgan fingerprint density at radius 1 is 1.38 bits per heavy atom. The van der Waals surface area contributed by atoms with E-state index in [0.29, 0.717) is 0 Å². The summed E-state index contributed by atoms with van der Waals surface area (Å²) in [6, 6.07) is 5.81. The zero-order chi connectivity index (χ0) is 11.7. The molecule has 0 amide bonds. The predicted molar refractivity (Wildman–Crippen MR) is 63.9 cm³/mol. The zero-order valence-corrected chi connectivity index (χ0v) is 9.73. The number of hydrogen-bond donors (Lipinski definition) is 1. The fourth-order valence-electron chi connectivity index (χ4n) is 2.24. The van der Waals surface area contributed by atoms with Crippen molar-refractivity contribution in [3.63, 3.8) is 0 Å². The highest BCUT2D eigenvalue weighted by Gasteiger charge is 2.30. The summed E-state index contributed by atoms with van der Waals surface area (Å²) in [5.74, 6) is -0.712. The van der Waals surface area contributed by atoms with Crippen molar-refractivity contribution in [2.45, 2.75) is 32.7 Å². The van der Waals surface area contributed by atoms with E-state index in [1.807, 2.05) is 11.0 Å². The molecule has 3 nitrogen and oxygen atoms in total. The number of nitrogens with zero attached hydrogens (tertiary/aromatic N) is 1. The Hall–Kier alpha value is -1.51. The van der Waals surface area contributed by atoms with Gasteiger partial charge in [-0.2, -0.15) is 0 Å². The van der Waals surface area contributed by atoms with Crippen LogP contribution in [0.5, 0.6) is 0 Å². The maximum absolute atomic E-state index is 11.1. The van der Waals surface area contributed by atoms with Gasteiger partial charge in [0, 0.05) is 12.2 Å². The standard InChI is InChI=1S/C13H17NO2/c1-9-5-6-11(8-10(9)2)14-7-3-4-12(14)13(15)16/h5-6,8,12H,3-4,7H2,1-2H3,(H,15,16). The Morgan fingerprint density at radius 3 is 2.75 bits per heavy atom. The molecule has 3 heteroatoms. The van der Waals surface area contributed by atoms with Crippen molar-refractivity contribution in [2.75, 3.05) is 11.4 Å². The monoisotopic (exact) mass is 219 g/mol. The molecule has 1 fully saturated rings. The summed E-state index contributed by atoms with van der Waals surface area (Å²) in [5.41, 5.74) is 3.50. The lowest BCUT2D eigenvalue weighted by Gasteiger charge is -2.24. The molecule has 1 aliphatic rings. The van der Waals surface area contributed by atoms with Gasteiger partial charge in [0.2, 0.25) is 0 Å². The van der Waals surface area contributed by atoms with Gasteiger partial charge in [-0.3, -0.25) is 0 Å². The van der Waals surface area contributed by atoms with E-state index in [1.165, 1.54) is 11.1 Å². The second-order valence-corrected chi connectivity index (χ2v) is 4.46. The van der Waals surface area contributed by atoms with Gasteiger partial charge in [0.25, 0.3) is 0 Å². The number of carboxylic acids is 1. The molecule has 1 aromatic carbocycles. The van der Waals surface area contributed by atoms with E-state index in [4.69, 9.17) is 5.11 Å². The molecule has 1 N–H and O–H groups in total. The molecule has 0 saturated carbocycles. The number of carbonyl (C=O) groups is 1. The van der Waals surface area contributed by atoms with Crippen molar-refractivity contribution in [1.82, 2.24) is 0 Å². The Bertz CT molecular complexity index is 414. The Kier molecular flexibility index (Phi) is 2.86. The molecule has 86 valence electrons. The number of anilines is 1. The summed E-state index contributed by atoms with van der Waals surface area (Å²) in [5, 5.41) is 9.13. The number of carboxylic acid groups (broad SMARTS) is 1. The lowest BCUT2D eigenvalue weighted by atomic mass is 10.1. The first-order valence-corrected chi connectivity index (χ1v) is 5.66. The number of aliphatic carboxylic acids is 1. The summed E-state index contributed by atoms with van der Waals surface area (Å²) in [6.45, 7) is 4.97. The molecule has 0 radical (unpaired) electrons. The van der Waals surface area contributed by atoms with Crippen molar-refractivity contribution >= 4 is 11.7 Å². The molecule has 0 aliphatic carbocycles. The van der Waals surface area contributed by atoms with Crippen LogP contribution >= 0.6 is 0 Å². The minimum absolute atomic E-state index is 0.345. The van der Waals surface area contributed by atoms with E-state index in [9.17, 15) is 4.79 Å². The third kappa shape index (κ3) is 1.90. The first kappa shape index (κ1) is 11.0. The first-order chi connectivity index (χ1) is 7.59. The summed E-state index contributed by atoms with van der Waals surface area (Å²) >= 11 is 0. The molecule has 0 aromatic heterocycles. The normalized spacial score (nSPS) is 20.1. The van der Waals surface area contributed by atoms with Crippen LogP contribution in [-0.4, -0.2) is 23.7 Å².